The number of hydrogen-bond acceptors (Lipinski definition) is 3. The van der Waals surface area contributed by atoms with Crippen LogP contribution in [0.3, 0.4) is 0 Å². The Labute approximate surface area is 159 Å². The minimum absolute atomic E-state index is 0.00223. The molecule has 3 aromatic rings. The van der Waals surface area contributed by atoms with Gasteiger partial charge in [-0.3, -0.25) is 9.48 Å². The molecule has 0 bridgehead atoms. The predicted molar refractivity (Wildman–Crippen MR) is 105 cm³/mol. The van der Waals surface area contributed by atoms with Crippen molar-refractivity contribution in [3.05, 3.63) is 54.1 Å². The number of nitrogens with one attached hydrogen (secondary N) is 1. The molecule has 1 N–H and O–H groups in total. The Morgan fingerprint density at radius 1 is 1.15 bits per heavy atom. The van der Waals surface area contributed by atoms with Crippen molar-refractivity contribution in [3.63, 3.8) is 0 Å². The number of carbonyl (C=O) groups excluding carboxylic acids is 1. The molecule has 27 heavy (non-hydrogen) atoms. The first-order chi connectivity index (χ1) is 12.8. The molecule has 0 unspecified atom stereocenters. The summed E-state index contributed by atoms with van der Waals surface area (Å²) in [6.07, 6.45) is 9.78. The second-order valence-corrected chi connectivity index (χ2v) is 8.26. The van der Waals surface area contributed by atoms with Crippen LogP contribution in [0.15, 0.2) is 43.0 Å². The summed E-state index contributed by atoms with van der Waals surface area (Å²) < 4.78 is 3.75. The van der Waals surface area contributed by atoms with Crippen molar-refractivity contribution in [1.29, 1.82) is 0 Å². The molecule has 2 aromatic heterocycles. The molecular formula is C21H25N5O. The lowest BCUT2D eigenvalue weighted by atomic mass is 10.0. The second kappa shape index (κ2) is 6.37. The van der Waals surface area contributed by atoms with Gasteiger partial charge in [-0.25, -0.2) is 4.68 Å². The van der Waals surface area contributed by atoms with Gasteiger partial charge in [-0.1, -0.05) is 6.07 Å². The van der Waals surface area contributed by atoms with Crippen LogP contribution >= 0.6 is 0 Å². The minimum atomic E-state index is -0.0753. The lowest BCUT2D eigenvalue weighted by Gasteiger charge is -2.18. The molecule has 140 valence electrons. The molecular weight excluding hydrogens is 338 g/mol. The molecule has 1 saturated carbocycles. The Bertz CT molecular complexity index is 988. The van der Waals surface area contributed by atoms with Crippen molar-refractivity contribution >= 4 is 5.91 Å². The molecule has 0 spiro atoms. The summed E-state index contributed by atoms with van der Waals surface area (Å²) in [5.74, 6) is -0.00223. The normalized spacial score (nSPS) is 14.4. The van der Waals surface area contributed by atoms with Gasteiger partial charge in [-0.2, -0.15) is 10.2 Å². The number of benzene rings is 1. The van der Waals surface area contributed by atoms with Gasteiger partial charge >= 0.3 is 0 Å². The van der Waals surface area contributed by atoms with Crippen molar-refractivity contribution in [3.8, 4) is 16.8 Å². The smallest absolute Gasteiger partial charge is 0.251 e. The van der Waals surface area contributed by atoms with E-state index in [0.717, 1.165) is 35.2 Å². The zero-order chi connectivity index (χ0) is 19.2. The van der Waals surface area contributed by atoms with Crippen LogP contribution in [0.2, 0.25) is 0 Å². The van der Waals surface area contributed by atoms with Gasteiger partial charge in [-0.15, -0.1) is 0 Å². The lowest BCUT2D eigenvalue weighted by Crippen LogP contribution is -2.25. The SMILES string of the molecule is Cc1ccc(C(=O)NC2CC2)cc1-c1cnn(-c2cnn(C(C)(C)C)c2)c1. The topological polar surface area (TPSA) is 64.7 Å². The highest BCUT2D eigenvalue weighted by Crippen LogP contribution is 2.26. The van der Waals surface area contributed by atoms with Crippen LogP contribution in [0, 0.1) is 6.92 Å². The van der Waals surface area contributed by atoms with E-state index in [1.54, 1.807) is 0 Å². The lowest BCUT2D eigenvalue weighted by molar-refractivity contribution is 0.0951. The van der Waals surface area contributed by atoms with Gasteiger partial charge in [0.05, 0.1) is 24.1 Å². The third-order valence-corrected chi connectivity index (χ3v) is 4.83. The van der Waals surface area contributed by atoms with E-state index in [1.165, 1.54) is 0 Å². The molecule has 4 rings (SSSR count). The number of nitrogens with zero attached hydrogens (tertiary/aromatic N) is 4. The van der Waals surface area contributed by atoms with Crippen LogP contribution in [-0.4, -0.2) is 31.5 Å². The van der Waals surface area contributed by atoms with Crippen LogP contribution in [-0.2, 0) is 5.54 Å². The summed E-state index contributed by atoms with van der Waals surface area (Å²) in [5, 5.41) is 12.0. The second-order valence-electron chi connectivity index (χ2n) is 8.26. The van der Waals surface area contributed by atoms with Gasteiger partial charge in [-0.05, 0) is 63.8 Å². The third-order valence-electron chi connectivity index (χ3n) is 4.83. The number of carbonyl (C=O) groups is 1. The van der Waals surface area contributed by atoms with Crippen LogP contribution in [0.25, 0.3) is 16.8 Å². The summed E-state index contributed by atoms with van der Waals surface area (Å²) >= 11 is 0. The quantitative estimate of drug-likeness (QED) is 0.769. The van der Waals surface area contributed by atoms with Crippen LogP contribution in [0.4, 0.5) is 0 Å². The molecule has 0 aliphatic heterocycles. The van der Waals surface area contributed by atoms with Crippen molar-refractivity contribution < 1.29 is 4.79 Å². The van der Waals surface area contributed by atoms with Crippen molar-refractivity contribution in [2.45, 2.75) is 52.1 Å². The van der Waals surface area contributed by atoms with E-state index in [2.05, 4.69) is 36.3 Å². The summed E-state index contributed by atoms with van der Waals surface area (Å²) in [6.45, 7) is 8.38. The van der Waals surface area contributed by atoms with E-state index in [0.29, 0.717) is 11.6 Å². The van der Waals surface area contributed by atoms with Crippen LogP contribution in [0.5, 0.6) is 0 Å². The molecule has 6 heteroatoms. The maximum atomic E-state index is 12.4. The number of hydrogen-bond donors (Lipinski definition) is 1. The van der Waals surface area contributed by atoms with Gasteiger partial charge < -0.3 is 5.32 Å². The van der Waals surface area contributed by atoms with Crippen molar-refractivity contribution in [2.24, 2.45) is 0 Å². The Hall–Kier alpha value is -2.89. The first kappa shape index (κ1) is 17.5. The largest absolute Gasteiger partial charge is 0.349 e. The Balaban J connectivity index is 1.62. The Kier molecular flexibility index (Phi) is 4.13. The van der Waals surface area contributed by atoms with E-state index in [-0.39, 0.29) is 11.4 Å². The van der Waals surface area contributed by atoms with Crippen molar-refractivity contribution in [2.75, 3.05) is 0 Å². The molecule has 0 saturated heterocycles. The Morgan fingerprint density at radius 3 is 2.59 bits per heavy atom. The first-order valence-electron chi connectivity index (χ1n) is 9.33. The van der Waals surface area contributed by atoms with E-state index < -0.39 is 0 Å². The van der Waals surface area contributed by atoms with Gasteiger partial charge in [0, 0.05) is 23.4 Å². The van der Waals surface area contributed by atoms with Crippen LogP contribution in [0.1, 0.15) is 49.5 Å². The van der Waals surface area contributed by atoms with E-state index >= 15 is 0 Å². The first-order valence-corrected chi connectivity index (χ1v) is 9.33. The maximum absolute atomic E-state index is 12.4. The highest BCUT2D eigenvalue weighted by atomic mass is 16.1. The standard InChI is InChI=1S/C21H25N5O/c1-14-5-6-15(20(27)24-17-7-8-17)9-19(14)16-10-22-25(12-16)18-11-23-26(13-18)21(2,3)4/h5-6,9-13,17H,7-8H2,1-4H3,(H,24,27). The average Bonchev–Trinajstić information content (AvgIpc) is 3.11. The zero-order valence-electron chi connectivity index (χ0n) is 16.2. The predicted octanol–water partition coefficient (Wildman–Crippen LogP) is 3.69. The fraction of sp³-hybridized carbons (Fsp3) is 0.381. The molecule has 1 aliphatic carbocycles. The van der Waals surface area contributed by atoms with Crippen LogP contribution < -0.4 is 5.32 Å². The van der Waals surface area contributed by atoms with E-state index in [9.17, 15) is 4.79 Å². The molecule has 1 aromatic carbocycles. The average molecular weight is 363 g/mol. The summed E-state index contributed by atoms with van der Waals surface area (Å²) in [5.41, 5.74) is 4.65. The van der Waals surface area contributed by atoms with Gasteiger partial charge in [0.15, 0.2) is 0 Å². The summed E-state index contributed by atoms with van der Waals surface area (Å²) in [6, 6.07) is 6.18. The highest BCUT2D eigenvalue weighted by Gasteiger charge is 2.24. The number of rotatable bonds is 4. The van der Waals surface area contributed by atoms with Gasteiger partial charge in [0.2, 0.25) is 0 Å². The highest BCUT2D eigenvalue weighted by molar-refractivity contribution is 5.96. The number of amides is 1. The fourth-order valence-electron chi connectivity index (χ4n) is 2.97. The summed E-state index contributed by atoms with van der Waals surface area (Å²) in [4.78, 5) is 12.4. The molecule has 6 nitrogen and oxygen atoms in total. The summed E-state index contributed by atoms with van der Waals surface area (Å²) in [7, 11) is 0. The molecule has 0 atom stereocenters. The monoisotopic (exact) mass is 363 g/mol. The molecule has 1 fully saturated rings. The zero-order valence-corrected chi connectivity index (χ0v) is 16.2. The molecule has 1 aliphatic rings. The van der Waals surface area contributed by atoms with Crippen molar-refractivity contribution in [1.82, 2.24) is 24.9 Å². The number of aromatic nitrogens is 4. The number of aryl methyl sites for hydroxylation is 1. The van der Waals surface area contributed by atoms with Gasteiger partial charge in [0.1, 0.15) is 5.69 Å². The molecule has 0 radical (unpaired) electrons. The van der Waals surface area contributed by atoms with Gasteiger partial charge in [0.25, 0.3) is 5.91 Å². The Morgan fingerprint density at radius 2 is 1.93 bits per heavy atom. The van der Waals surface area contributed by atoms with E-state index in [4.69, 9.17) is 0 Å². The third kappa shape index (κ3) is 3.65. The van der Waals surface area contributed by atoms with E-state index in [1.807, 2.05) is 59.3 Å². The molecule has 1 amide bonds. The maximum Gasteiger partial charge on any atom is 0.251 e. The minimum Gasteiger partial charge on any atom is -0.349 e. The fourth-order valence-corrected chi connectivity index (χ4v) is 2.97. The molecule has 2 heterocycles.